The normalized spacial score (nSPS) is 18.2. The molecule has 0 atom stereocenters. The highest BCUT2D eigenvalue weighted by Crippen LogP contribution is 2.12. The molecule has 0 unspecified atom stereocenters. The molecule has 132 valence electrons. The zero-order valence-electron chi connectivity index (χ0n) is 14.1. The first-order valence-electron chi connectivity index (χ1n) is 8.25. The van der Waals surface area contributed by atoms with Crippen molar-refractivity contribution in [1.82, 2.24) is 19.0 Å². The van der Waals surface area contributed by atoms with E-state index >= 15 is 0 Å². The number of hydrogen-bond acceptors (Lipinski definition) is 5. The molecule has 8 heteroatoms. The maximum Gasteiger partial charge on any atom is 0.216 e. The summed E-state index contributed by atoms with van der Waals surface area (Å²) in [5, 5.41) is 4.35. The smallest absolute Gasteiger partial charge is 0.216 e. The summed E-state index contributed by atoms with van der Waals surface area (Å²) in [6, 6.07) is 0. The molecule has 1 aromatic rings. The predicted octanol–water partition coefficient (Wildman–Crippen LogP) is 0.777. The molecule has 7 nitrogen and oxygen atoms in total. The Morgan fingerprint density at radius 1 is 1.26 bits per heavy atom. The van der Waals surface area contributed by atoms with Crippen molar-refractivity contribution in [2.24, 2.45) is 0 Å². The highest BCUT2D eigenvalue weighted by atomic mass is 32.2. The van der Waals surface area contributed by atoms with E-state index in [1.165, 1.54) is 12.7 Å². The van der Waals surface area contributed by atoms with Crippen molar-refractivity contribution < 1.29 is 13.2 Å². The molecule has 1 aliphatic rings. The second kappa shape index (κ2) is 8.77. The fourth-order valence-electron chi connectivity index (χ4n) is 2.80. The Balaban J connectivity index is 1.87. The summed E-state index contributed by atoms with van der Waals surface area (Å²) in [6.45, 7) is 6.96. The van der Waals surface area contributed by atoms with Crippen molar-refractivity contribution in [3.63, 3.8) is 0 Å². The Hall–Kier alpha value is -0.960. The number of nitrogens with zero attached hydrogens (tertiary/aromatic N) is 4. The number of hydrogen-bond donors (Lipinski definition) is 0. The third kappa shape index (κ3) is 5.56. The first kappa shape index (κ1) is 18.4. The zero-order valence-corrected chi connectivity index (χ0v) is 15.0. The molecule has 0 bridgehead atoms. The van der Waals surface area contributed by atoms with E-state index in [2.05, 4.69) is 23.1 Å². The minimum Gasteiger partial charge on any atom is -0.384 e. The van der Waals surface area contributed by atoms with Crippen LogP contribution in [0, 0.1) is 0 Å². The largest absolute Gasteiger partial charge is 0.384 e. The Morgan fingerprint density at radius 2 is 2.09 bits per heavy atom. The van der Waals surface area contributed by atoms with Crippen LogP contribution in [0.1, 0.15) is 25.3 Å². The molecule has 1 aliphatic heterocycles. The third-order valence-corrected chi connectivity index (χ3v) is 5.87. The van der Waals surface area contributed by atoms with Gasteiger partial charge in [0.1, 0.15) is 0 Å². The van der Waals surface area contributed by atoms with Crippen LogP contribution in [-0.4, -0.2) is 73.1 Å². The van der Waals surface area contributed by atoms with Gasteiger partial charge >= 0.3 is 0 Å². The van der Waals surface area contributed by atoms with Crippen LogP contribution in [0.25, 0.3) is 0 Å². The number of rotatable bonds is 8. The number of sulfonamides is 1. The van der Waals surface area contributed by atoms with Crippen LogP contribution >= 0.6 is 0 Å². The van der Waals surface area contributed by atoms with Crippen LogP contribution < -0.4 is 0 Å². The highest BCUT2D eigenvalue weighted by Gasteiger charge is 2.24. The lowest BCUT2D eigenvalue weighted by atomic mass is 10.3. The summed E-state index contributed by atoms with van der Waals surface area (Å²) in [5.41, 5.74) is 1.19. The van der Waals surface area contributed by atoms with Gasteiger partial charge in [0.25, 0.3) is 0 Å². The van der Waals surface area contributed by atoms with E-state index in [4.69, 9.17) is 4.74 Å². The third-order valence-electron chi connectivity index (χ3n) is 4.03. The van der Waals surface area contributed by atoms with E-state index in [1.807, 2.05) is 10.9 Å². The molecule has 0 aliphatic carbocycles. The molecule has 2 heterocycles. The van der Waals surface area contributed by atoms with Crippen LogP contribution in [0.3, 0.4) is 0 Å². The highest BCUT2D eigenvalue weighted by molar-refractivity contribution is 7.89. The van der Waals surface area contributed by atoms with Crippen molar-refractivity contribution in [2.45, 2.75) is 32.9 Å². The van der Waals surface area contributed by atoms with Crippen molar-refractivity contribution in [3.8, 4) is 0 Å². The van der Waals surface area contributed by atoms with E-state index in [0.717, 1.165) is 39.0 Å². The Kier molecular flexibility index (Phi) is 7.01. The second-order valence-corrected chi connectivity index (χ2v) is 8.04. The molecule has 23 heavy (non-hydrogen) atoms. The van der Waals surface area contributed by atoms with Gasteiger partial charge in [0.15, 0.2) is 0 Å². The average molecular weight is 344 g/mol. The Labute approximate surface area is 139 Å². The second-order valence-electron chi connectivity index (χ2n) is 5.95. The first-order chi connectivity index (χ1) is 11.0. The van der Waals surface area contributed by atoms with Gasteiger partial charge in [-0.05, 0) is 19.4 Å². The van der Waals surface area contributed by atoms with Crippen molar-refractivity contribution in [3.05, 3.63) is 18.0 Å². The minimum atomic E-state index is -3.20. The molecule has 1 saturated heterocycles. The minimum absolute atomic E-state index is 0.0628. The summed E-state index contributed by atoms with van der Waals surface area (Å²) in [6.07, 6.45) is 5.92. The SMILES string of the molecule is CCCn1cc(CN2CCCN(S(=O)(=O)CCOC)CC2)cn1. The summed E-state index contributed by atoms with van der Waals surface area (Å²) >= 11 is 0. The van der Waals surface area contributed by atoms with Gasteiger partial charge in [-0.3, -0.25) is 9.58 Å². The molecule has 1 aromatic heterocycles. The summed E-state index contributed by atoms with van der Waals surface area (Å²) < 4.78 is 33.0. The topological polar surface area (TPSA) is 67.7 Å². The zero-order chi connectivity index (χ0) is 16.7. The lowest BCUT2D eigenvalue weighted by molar-refractivity contribution is 0.215. The fourth-order valence-corrected chi connectivity index (χ4v) is 4.20. The average Bonchev–Trinajstić information content (AvgIpc) is 2.81. The summed E-state index contributed by atoms with van der Waals surface area (Å²) in [5.74, 6) is 0.0628. The predicted molar refractivity (Wildman–Crippen MR) is 89.6 cm³/mol. The van der Waals surface area contributed by atoms with Crippen LogP contribution in [0.4, 0.5) is 0 Å². The van der Waals surface area contributed by atoms with Gasteiger partial charge in [-0.2, -0.15) is 5.10 Å². The number of ether oxygens (including phenoxy) is 1. The number of aromatic nitrogens is 2. The lowest BCUT2D eigenvalue weighted by Gasteiger charge is -2.21. The van der Waals surface area contributed by atoms with E-state index in [0.29, 0.717) is 13.1 Å². The Bertz CT molecular complexity index is 573. The molecule has 1 fully saturated rings. The molecule has 0 radical (unpaired) electrons. The van der Waals surface area contributed by atoms with Crippen LogP contribution in [-0.2, 0) is 27.8 Å². The first-order valence-corrected chi connectivity index (χ1v) is 9.86. The van der Waals surface area contributed by atoms with Crippen molar-refractivity contribution in [2.75, 3.05) is 45.6 Å². The van der Waals surface area contributed by atoms with Crippen molar-refractivity contribution >= 4 is 10.0 Å². The van der Waals surface area contributed by atoms with Gasteiger partial charge in [-0.15, -0.1) is 0 Å². The van der Waals surface area contributed by atoms with Gasteiger partial charge < -0.3 is 4.74 Å². The van der Waals surface area contributed by atoms with Gasteiger partial charge in [-0.25, -0.2) is 12.7 Å². The van der Waals surface area contributed by atoms with Gasteiger partial charge in [0, 0.05) is 51.6 Å². The molecular formula is C15H28N4O3S. The van der Waals surface area contributed by atoms with Gasteiger partial charge in [0.2, 0.25) is 10.0 Å². The maximum absolute atomic E-state index is 12.3. The van der Waals surface area contributed by atoms with Gasteiger partial charge in [0.05, 0.1) is 18.6 Å². The van der Waals surface area contributed by atoms with E-state index in [9.17, 15) is 8.42 Å². The standard InChI is InChI=1S/C15H28N4O3S/c1-3-5-18-14-15(12-16-18)13-17-6-4-7-19(9-8-17)23(20,21)11-10-22-2/h12,14H,3-11,13H2,1-2H3. The maximum atomic E-state index is 12.3. The summed E-state index contributed by atoms with van der Waals surface area (Å²) in [7, 11) is -1.68. The molecular weight excluding hydrogens is 316 g/mol. The lowest BCUT2D eigenvalue weighted by Crippen LogP contribution is -2.37. The molecule has 0 N–H and O–H groups in total. The quantitative estimate of drug-likeness (QED) is 0.697. The van der Waals surface area contributed by atoms with E-state index in [-0.39, 0.29) is 12.4 Å². The van der Waals surface area contributed by atoms with Crippen LogP contribution in [0.15, 0.2) is 12.4 Å². The molecule has 2 rings (SSSR count). The number of aryl methyl sites for hydroxylation is 1. The van der Waals surface area contributed by atoms with Crippen LogP contribution in [0.5, 0.6) is 0 Å². The molecule has 0 amide bonds. The molecule has 0 saturated carbocycles. The van der Waals surface area contributed by atoms with E-state index < -0.39 is 10.0 Å². The monoisotopic (exact) mass is 344 g/mol. The Morgan fingerprint density at radius 3 is 2.83 bits per heavy atom. The fraction of sp³-hybridized carbons (Fsp3) is 0.800. The summed E-state index contributed by atoms with van der Waals surface area (Å²) in [4.78, 5) is 2.30. The van der Waals surface area contributed by atoms with Gasteiger partial charge in [-0.1, -0.05) is 6.92 Å². The van der Waals surface area contributed by atoms with Crippen molar-refractivity contribution in [1.29, 1.82) is 0 Å². The molecule has 0 spiro atoms. The van der Waals surface area contributed by atoms with Crippen LogP contribution in [0.2, 0.25) is 0 Å². The van der Waals surface area contributed by atoms with E-state index in [1.54, 1.807) is 4.31 Å². The molecule has 0 aromatic carbocycles. The number of methoxy groups -OCH3 is 1.